The van der Waals surface area contributed by atoms with E-state index in [-0.39, 0.29) is 5.91 Å². The molecular formula is C16H26N2O3. The zero-order valence-corrected chi connectivity index (χ0v) is 13.4. The highest BCUT2D eigenvalue weighted by molar-refractivity contribution is 5.75. The molecule has 0 bridgehead atoms. The number of carbonyl (C=O) groups is 1. The van der Waals surface area contributed by atoms with Gasteiger partial charge in [-0.1, -0.05) is 13.0 Å². The molecule has 0 aliphatic heterocycles. The van der Waals surface area contributed by atoms with Crippen LogP contribution in [0.4, 0.5) is 0 Å². The maximum Gasteiger partial charge on any atom is 0.222 e. The second-order valence-corrected chi connectivity index (χ2v) is 4.99. The van der Waals surface area contributed by atoms with Crippen LogP contribution in [-0.4, -0.2) is 45.2 Å². The third-order valence-electron chi connectivity index (χ3n) is 3.13. The van der Waals surface area contributed by atoms with Crippen molar-refractivity contribution in [2.45, 2.75) is 26.3 Å². The Morgan fingerprint density at radius 2 is 2.10 bits per heavy atom. The van der Waals surface area contributed by atoms with Crippen LogP contribution in [0.2, 0.25) is 0 Å². The second kappa shape index (κ2) is 9.23. The average molecular weight is 294 g/mol. The number of hydrogen-bond donors (Lipinski definition) is 1. The number of hydrogen-bond acceptors (Lipinski definition) is 4. The van der Waals surface area contributed by atoms with Gasteiger partial charge in [0.2, 0.25) is 5.91 Å². The molecule has 1 rings (SSSR count). The SMILES string of the molecule is CCNCc1ccc(OC)cc1OCCCC(=O)N(C)C. The minimum atomic E-state index is 0.122. The first-order valence-corrected chi connectivity index (χ1v) is 7.29. The van der Waals surface area contributed by atoms with E-state index in [0.29, 0.717) is 19.4 Å². The van der Waals surface area contributed by atoms with E-state index in [2.05, 4.69) is 12.2 Å². The van der Waals surface area contributed by atoms with Crippen LogP contribution in [0.15, 0.2) is 18.2 Å². The summed E-state index contributed by atoms with van der Waals surface area (Å²) >= 11 is 0. The molecule has 1 aromatic carbocycles. The molecule has 0 radical (unpaired) electrons. The standard InChI is InChI=1S/C16H26N2O3/c1-5-17-12-13-8-9-14(20-4)11-15(13)21-10-6-7-16(19)18(2)3/h8-9,11,17H,5-7,10,12H2,1-4H3. The Kier molecular flexibility index (Phi) is 7.61. The molecule has 0 saturated heterocycles. The molecule has 0 heterocycles. The molecule has 5 heteroatoms. The van der Waals surface area contributed by atoms with Crippen molar-refractivity contribution in [3.8, 4) is 11.5 Å². The number of benzene rings is 1. The zero-order valence-electron chi connectivity index (χ0n) is 13.4. The molecule has 0 unspecified atom stereocenters. The summed E-state index contributed by atoms with van der Waals surface area (Å²) in [7, 11) is 5.17. The van der Waals surface area contributed by atoms with Crippen LogP contribution in [-0.2, 0) is 11.3 Å². The lowest BCUT2D eigenvalue weighted by molar-refractivity contribution is -0.128. The van der Waals surface area contributed by atoms with Gasteiger partial charge in [-0.2, -0.15) is 0 Å². The normalized spacial score (nSPS) is 10.3. The lowest BCUT2D eigenvalue weighted by Crippen LogP contribution is -2.21. The molecule has 0 fully saturated rings. The minimum Gasteiger partial charge on any atom is -0.497 e. The van der Waals surface area contributed by atoms with Gasteiger partial charge in [0.25, 0.3) is 0 Å². The van der Waals surface area contributed by atoms with Crippen molar-refractivity contribution in [3.05, 3.63) is 23.8 Å². The van der Waals surface area contributed by atoms with Crippen molar-refractivity contribution in [2.24, 2.45) is 0 Å². The number of ether oxygens (including phenoxy) is 2. The largest absolute Gasteiger partial charge is 0.497 e. The summed E-state index contributed by atoms with van der Waals surface area (Å²) in [5, 5.41) is 3.28. The van der Waals surface area contributed by atoms with Gasteiger partial charge in [0.05, 0.1) is 13.7 Å². The van der Waals surface area contributed by atoms with E-state index in [1.807, 2.05) is 18.2 Å². The van der Waals surface area contributed by atoms with E-state index < -0.39 is 0 Å². The molecule has 0 spiro atoms. The van der Waals surface area contributed by atoms with Gasteiger partial charge in [0.1, 0.15) is 11.5 Å². The Bertz CT molecular complexity index is 447. The van der Waals surface area contributed by atoms with Crippen LogP contribution in [0.25, 0.3) is 0 Å². The van der Waals surface area contributed by atoms with Crippen LogP contribution in [0.1, 0.15) is 25.3 Å². The summed E-state index contributed by atoms with van der Waals surface area (Å²) in [6, 6.07) is 5.82. The van der Waals surface area contributed by atoms with Crippen molar-refractivity contribution in [1.29, 1.82) is 0 Å². The molecule has 1 N–H and O–H groups in total. The van der Waals surface area contributed by atoms with Crippen LogP contribution in [0, 0.1) is 0 Å². The van der Waals surface area contributed by atoms with Crippen LogP contribution < -0.4 is 14.8 Å². The number of nitrogens with one attached hydrogen (secondary N) is 1. The van der Waals surface area contributed by atoms with Gasteiger partial charge in [0, 0.05) is 38.7 Å². The highest BCUT2D eigenvalue weighted by atomic mass is 16.5. The summed E-state index contributed by atoms with van der Waals surface area (Å²) in [6.07, 6.45) is 1.20. The Morgan fingerprint density at radius 3 is 2.71 bits per heavy atom. The van der Waals surface area contributed by atoms with E-state index in [9.17, 15) is 4.79 Å². The first kappa shape index (κ1) is 17.3. The molecule has 21 heavy (non-hydrogen) atoms. The fourth-order valence-electron chi connectivity index (χ4n) is 1.83. The molecule has 0 aromatic heterocycles. The third kappa shape index (κ3) is 6.04. The molecule has 118 valence electrons. The summed E-state index contributed by atoms with van der Waals surface area (Å²) in [5.41, 5.74) is 1.09. The van der Waals surface area contributed by atoms with E-state index in [1.165, 1.54) is 0 Å². The van der Waals surface area contributed by atoms with E-state index in [0.717, 1.165) is 30.2 Å². The second-order valence-electron chi connectivity index (χ2n) is 4.99. The average Bonchev–Trinajstić information content (AvgIpc) is 2.49. The summed E-state index contributed by atoms with van der Waals surface area (Å²) in [5.74, 6) is 1.71. The van der Waals surface area contributed by atoms with Crippen molar-refractivity contribution in [2.75, 3.05) is 34.4 Å². The quantitative estimate of drug-likeness (QED) is 0.708. The predicted molar refractivity (Wildman–Crippen MR) is 83.8 cm³/mol. The van der Waals surface area contributed by atoms with Gasteiger partial charge in [-0.15, -0.1) is 0 Å². The van der Waals surface area contributed by atoms with E-state index in [4.69, 9.17) is 9.47 Å². The molecule has 0 saturated carbocycles. The third-order valence-corrected chi connectivity index (χ3v) is 3.13. The molecule has 1 aromatic rings. The van der Waals surface area contributed by atoms with Crippen LogP contribution in [0.5, 0.6) is 11.5 Å². The monoisotopic (exact) mass is 294 g/mol. The Balaban J connectivity index is 2.56. The van der Waals surface area contributed by atoms with Gasteiger partial charge < -0.3 is 19.7 Å². The Labute approximate surface area is 127 Å². The molecule has 5 nitrogen and oxygen atoms in total. The summed E-state index contributed by atoms with van der Waals surface area (Å²) < 4.78 is 11.0. The molecule has 1 amide bonds. The fraction of sp³-hybridized carbons (Fsp3) is 0.562. The molecule has 0 aliphatic rings. The van der Waals surface area contributed by atoms with Crippen molar-refractivity contribution in [3.63, 3.8) is 0 Å². The van der Waals surface area contributed by atoms with Gasteiger partial charge in [-0.05, 0) is 19.0 Å². The topological polar surface area (TPSA) is 50.8 Å². The minimum absolute atomic E-state index is 0.122. The highest BCUT2D eigenvalue weighted by Crippen LogP contribution is 2.25. The maximum absolute atomic E-state index is 11.5. The van der Waals surface area contributed by atoms with E-state index >= 15 is 0 Å². The van der Waals surface area contributed by atoms with Gasteiger partial charge in [-0.25, -0.2) is 0 Å². The molecule has 0 aliphatic carbocycles. The van der Waals surface area contributed by atoms with Gasteiger partial charge >= 0.3 is 0 Å². The van der Waals surface area contributed by atoms with E-state index in [1.54, 1.807) is 26.1 Å². The fourth-order valence-corrected chi connectivity index (χ4v) is 1.83. The highest BCUT2D eigenvalue weighted by Gasteiger charge is 2.07. The summed E-state index contributed by atoms with van der Waals surface area (Å²) in [4.78, 5) is 13.1. The smallest absolute Gasteiger partial charge is 0.222 e. The first-order chi connectivity index (χ1) is 10.1. The van der Waals surface area contributed by atoms with Crippen LogP contribution >= 0.6 is 0 Å². The first-order valence-electron chi connectivity index (χ1n) is 7.29. The van der Waals surface area contributed by atoms with Crippen molar-refractivity contribution >= 4 is 5.91 Å². The number of methoxy groups -OCH3 is 1. The number of amides is 1. The van der Waals surface area contributed by atoms with Gasteiger partial charge in [0.15, 0.2) is 0 Å². The lowest BCUT2D eigenvalue weighted by Gasteiger charge is -2.14. The predicted octanol–water partition coefficient (Wildman–Crippen LogP) is 2.05. The number of carbonyl (C=O) groups excluding carboxylic acids is 1. The van der Waals surface area contributed by atoms with Crippen molar-refractivity contribution in [1.82, 2.24) is 10.2 Å². The molecule has 0 atom stereocenters. The number of nitrogens with zero attached hydrogens (tertiary/aromatic N) is 1. The summed E-state index contributed by atoms with van der Waals surface area (Å²) in [6.45, 7) is 4.25. The van der Waals surface area contributed by atoms with Crippen molar-refractivity contribution < 1.29 is 14.3 Å². The van der Waals surface area contributed by atoms with Crippen LogP contribution in [0.3, 0.4) is 0 Å². The maximum atomic E-state index is 11.5. The Morgan fingerprint density at radius 1 is 1.33 bits per heavy atom. The molecular weight excluding hydrogens is 268 g/mol. The lowest BCUT2D eigenvalue weighted by atomic mass is 10.2. The van der Waals surface area contributed by atoms with Gasteiger partial charge in [-0.3, -0.25) is 4.79 Å². The Hall–Kier alpha value is -1.75. The zero-order chi connectivity index (χ0) is 15.7. The number of rotatable bonds is 9.